The molecule has 0 amide bonds. The number of rotatable bonds is 4. The minimum atomic E-state index is 0.937. The smallest absolute Gasteiger partial charge is 0.0950 e. The summed E-state index contributed by atoms with van der Waals surface area (Å²) in [6, 6.07) is 8.03. The summed E-state index contributed by atoms with van der Waals surface area (Å²) in [7, 11) is 0. The van der Waals surface area contributed by atoms with E-state index in [4.69, 9.17) is 0 Å². The molecule has 0 saturated carbocycles. The van der Waals surface area contributed by atoms with E-state index in [-0.39, 0.29) is 0 Å². The van der Waals surface area contributed by atoms with E-state index < -0.39 is 0 Å². The molecule has 0 spiro atoms. The van der Waals surface area contributed by atoms with Crippen molar-refractivity contribution in [3.63, 3.8) is 0 Å². The van der Waals surface area contributed by atoms with Crippen LogP contribution in [0.3, 0.4) is 0 Å². The van der Waals surface area contributed by atoms with Crippen LogP contribution in [0.4, 0.5) is 5.69 Å². The van der Waals surface area contributed by atoms with Crippen molar-refractivity contribution in [1.82, 2.24) is 10.2 Å². The Morgan fingerprint density at radius 1 is 1.33 bits per heavy atom. The Bertz CT molecular complexity index is 439. The molecule has 0 saturated heterocycles. The second-order valence-electron chi connectivity index (χ2n) is 3.19. The number of hydrogen-bond acceptors (Lipinski definition) is 4. The first kappa shape index (κ1) is 10.2. The number of fused-ring (bicyclic) bond motifs is 1. The quantitative estimate of drug-likeness (QED) is 0.801. The number of benzene rings is 1. The molecule has 15 heavy (non-hydrogen) atoms. The van der Waals surface area contributed by atoms with E-state index in [9.17, 15) is 0 Å². The van der Waals surface area contributed by atoms with Crippen molar-refractivity contribution in [3.05, 3.63) is 30.5 Å². The lowest BCUT2D eigenvalue weighted by Gasteiger charge is -2.07. The highest BCUT2D eigenvalue weighted by molar-refractivity contribution is 7.98. The predicted octanol–water partition coefficient (Wildman–Crippen LogP) is 2.40. The van der Waals surface area contributed by atoms with Gasteiger partial charge in [0.25, 0.3) is 0 Å². The standard InChI is InChI=1S/C11H13N3S/c1-15-7-6-12-11-8-13-14-10-5-3-2-4-9(10)11/h2-5,8H,6-7H2,1H3,(H,12,14). The van der Waals surface area contributed by atoms with Crippen molar-refractivity contribution < 1.29 is 0 Å². The van der Waals surface area contributed by atoms with Crippen LogP contribution < -0.4 is 5.32 Å². The lowest BCUT2D eigenvalue weighted by molar-refractivity contribution is 1.07. The fourth-order valence-corrected chi connectivity index (χ4v) is 1.74. The largest absolute Gasteiger partial charge is 0.382 e. The fourth-order valence-electron chi connectivity index (χ4n) is 1.44. The van der Waals surface area contributed by atoms with Crippen LogP contribution in [0.2, 0.25) is 0 Å². The monoisotopic (exact) mass is 219 g/mol. The number of thioether (sulfide) groups is 1. The summed E-state index contributed by atoms with van der Waals surface area (Å²) < 4.78 is 0. The average molecular weight is 219 g/mol. The first-order valence-electron chi connectivity index (χ1n) is 4.85. The van der Waals surface area contributed by atoms with E-state index in [1.165, 1.54) is 0 Å². The Morgan fingerprint density at radius 2 is 2.20 bits per heavy atom. The number of nitrogens with zero attached hydrogens (tertiary/aromatic N) is 2. The zero-order valence-electron chi connectivity index (χ0n) is 8.60. The number of hydrogen-bond donors (Lipinski definition) is 1. The van der Waals surface area contributed by atoms with E-state index in [2.05, 4.69) is 27.8 Å². The van der Waals surface area contributed by atoms with Crippen LogP contribution in [0.25, 0.3) is 10.9 Å². The Kier molecular flexibility index (Phi) is 3.40. The Hall–Kier alpha value is -1.29. The molecule has 0 unspecified atom stereocenters. The average Bonchev–Trinajstić information content (AvgIpc) is 2.30. The van der Waals surface area contributed by atoms with Gasteiger partial charge in [-0.2, -0.15) is 22.0 Å². The minimum Gasteiger partial charge on any atom is -0.382 e. The molecule has 0 aliphatic carbocycles. The molecular formula is C11H13N3S. The normalized spacial score (nSPS) is 10.5. The topological polar surface area (TPSA) is 37.8 Å². The van der Waals surface area contributed by atoms with Gasteiger partial charge >= 0.3 is 0 Å². The molecule has 4 heteroatoms. The Morgan fingerprint density at radius 3 is 3.07 bits per heavy atom. The summed E-state index contributed by atoms with van der Waals surface area (Å²) in [6.07, 6.45) is 3.88. The van der Waals surface area contributed by atoms with Gasteiger partial charge in [0.1, 0.15) is 0 Å². The number of anilines is 1. The summed E-state index contributed by atoms with van der Waals surface area (Å²) in [4.78, 5) is 0. The van der Waals surface area contributed by atoms with Gasteiger partial charge in [0.05, 0.1) is 17.4 Å². The van der Waals surface area contributed by atoms with Gasteiger partial charge in [0, 0.05) is 17.7 Å². The molecule has 0 aliphatic heterocycles. The van der Waals surface area contributed by atoms with Gasteiger partial charge in [-0.1, -0.05) is 18.2 Å². The molecule has 0 aliphatic rings. The summed E-state index contributed by atoms with van der Waals surface area (Å²) in [5, 5.41) is 12.5. The van der Waals surface area contributed by atoms with Crippen LogP contribution in [0, 0.1) is 0 Å². The van der Waals surface area contributed by atoms with Crippen LogP contribution in [-0.4, -0.2) is 28.8 Å². The number of nitrogens with one attached hydrogen (secondary N) is 1. The van der Waals surface area contributed by atoms with Gasteiger partial charge in [0.15, 0.2) is 0 Å². The Labute approximate surface area is 93.3 Å². The zero-order chi connectivity index (χ0) is 10.5. The van der Waals surface area contributed by atoms with Gasteiger partial charge in [-0.3, -0.25) is 0 Å². The zero-order valence-corrected chi connectivity index (χ0v) is 9.42. The molecular weight excluding hydrogens is 206 g/mol. The maximum atomic E-state index is 4.07. The van der Waals surface area contributed by atoms with Crippen molar-refractivity contribution >= 4 is 28.4 Å². The molecule has 1 N–H and O–H groups in total. The van der Waals surface area contributed by atoms with Gasteiger partial charge in [-0.25, -0.2) is 0 Å². The van der Waals surface area contributed by atoms with Crippen LogP contribution >= 0.6 is 11.8 Å². The third-order valence-corrected chi connectivity index (χ3v) is 2.78. The highest BCUT2D eigenvalue weighted by Crippen LogP contribution is 2.19. The SMILES string of the molecule is CSCCNc1cnnc2ccccc12. The summed E-state index contributed by atoms with van der Waals surface area (Å²) >= 11 is 1.83. The molecule has 78 valence electrons. The summed E-state index contributed by atoms with van der Waals surface area (Å²) in [6.45, 7) is 0.955. The van der Waals surface area contributed by atoms with E-state index in [1.54, 1.807) is 6.20 Å². The van der Waals surface area contributed by atoms with Gasteiger partial charge in [-0.05, 0) is 12.3 Å². The highest BCUT2D eigenvalue weighted by Gasteiger charge is 2.00. The van der Waals surface area contributed by atoms with Crippen molar-refractivity contribution in [2.45, 2.75) is 0 Å². The second kappa shape index (κ2) is 4.98. The van der Waals surface area contributed by atoms with Crippen molar-refractivity contribution in [1.29, 1.82) is 0 Å². The van der Waals surface area contributed by atoms with Crippen LogP contribution in [-0.2, 0) is 0 Å². The van der Waals surface area contributed by atoms with Crippen molar-refractivity contribution in [3.8, 4) is 0 Å². The van der Waals surface area contributed by atoms with E-state index in [0.29, 0.717) is 0 Å². The number of aromatic nitrogens is 2. The molecule has 1 aromatic carbocycles. The maximum Gasteiger partial charge on any atom is 0.0950 e. The van der Waals surface area contributed by atoms with Crippen LogP contribution in [0.1, 0.15) is 0 Å². The van der Waals surface area contributed by atoms with E-state index >= 15 is 0 Å². The molecule has 2 rings (SSSR count). The second-order valence-corrected chi connectivity index (χ2v) is 4.18. The maximum absolute atomic E-state index is 4.07. The Balaban J connectivity index is 2.26. The third-order valence-electron chi connectivity index (χ3n) is 2.17. The molecule has 0 radical (unpaired) electrons. The molecule has 0 atom stereocenters. The molecule has 0 bridgehead atoms. The lowest BCUT2D eigenvalue weighted by atomic mass is 10.2. The van der Waals surface area contributed by atoms with Gasteiger partial charge in [-0.15, -0.1) is 0 Å². The van der Waals surface area contributed by atoms with Crippen LogP contribution in [0.5, 0.6) is 0 Å². The fraction of sp³-hybridized carbons (Fsp3) is 0.273. The van der Waals surface area contributed by atoms with E-state index in [1.807, 2.05) is 30.0 Å². The molecule has 0 fully saturated rings. The summed E-state index contributed by atoms with van der Waals surface area (Å²) in [5.74, 6) is 1.09. The molecule has 2 aromatic rings. The van der Waals surface area contributed by atoms with Crippen molar-refractivity contribution in [2.75, 3.05) is 23.9 Å². The summed E-state index contributed by atoms with van der Waals surface area (Å²) in [5.41, 5.74) is 2.00. The first-order chi connectivity index (χ1) is 7.42. The lowest BCUT2D eigenvalue weighted by Crippen LogP contribution is -2.04. The predicted molar refractivity (Wildman–Crippen MR) is 66.4 cm³/mol. The highest BCUT2D eigenvalue weighted by atomic mass is 32.2. The van der Waals surface area contributed by atoms with Gasteiger partial charge in [0.2, 0.25) is 0 Å². The van der Waals surface area contributed by atoms with E-state index in [0.717, 1.165) is 28.9 Å². The van der Waals surface area contributed by atoms with Crippen molar-refractivity contribution in [2.24, 2.45) is 0 Å². The molecule has 3 nitrogen and oxygen atoms in total. The van der Waals surface area contributed by atoms with Crippen LogP contribution in [0.15, 0.2) is 30.5 Å². The molecule has 1 heterocycles. The first-order valence-corrected chi connectivity index (χ1v) is 6.24. The van der Waals surface area contributed by atoms with Gasteiger partial charge < -0.3 is 5.32 Å². The minimum absolute atomic E-state index is 0.937. The third kappa shape index (κ3) is 2.39. The molecule has 1 aromatic heterocycles.